The second kappa shape index (κ2) is 4.06. The van der Waals surface area contributed by atoms with Gasteiger partial charge in [-0.1, -0.05) is 0 Å². The lowest BCUT2D eigenvalue weighted by Gasteiger charge is -2.20. The monoisotopic (exact) mass is 259 g/mol. The fourth-order valence-corrected chi connectivity index (χ4v) is 4.10. The first-order valence-corrected chi connectivity index (χ1v) is 7.50. The topological polar surface area (TPSA) is 118 Å². The molecule has 0 aliphatic rings. The predicted octanol–water partition coefficient (Wildman–Crippen LogP) is -1.23. The molecule has 0 aliphatic carbocycles. The second-order valence-electron chi connectivity index (χ2n) is 3.69. The Morgan fingerprint density at radius 1 is 1.27 bits per heavy atom. The van der Waals surface area contributed by atoms with Crippen molar-refractivity contribution in [2.24, 2.45) is 0 Å². The van der Waals surface area contributed by atoms with E-state index >= 15 is 0 Å². The van der Waals surface area contributed by atoms with Crippen molar-refractivity contribution in [3.05, 3.63) is 0 Å². The van der Waals surface area contributed by atoms with E-state index in [-0.39, 0.29) is 0 Å². The Bertz CT molecular complexity index is 446. The zero-order chi connectivity index (χ0) is 12.5. The standard InChI is InChI=1S/C6H13NO6S2/c1-6(2,5(8)9)7-15(12,13)4-14(3,10)11/h7H,4H2,1-3H3,(H,8,9). The van der Waals surface area contributed by atoms with Gasteiger partial charge in [0.15, 0.2) is 14.9 Å². The van der Waals surface area contributed by atoms with Gasteiger partial charge in [0.1, 0.15) is 5.54 Å². The Kier molecular flexibility index (Phi) is 3.88. The van der Waals surface area contributed by atoms with Crippen LogP contribution in [0, 0.1) is 0 Å². The number of rotatable bonds is 5. The molecule has 0 saturated heterocycles. The van der Waals surface area contributed by atoms with Crippen LogP contribution >= 0.6 is 0 Å². The number of carbonyl (C=O) groups is 1. The van der Waals surface area contributed by atoms with E-state index in [0.717, 1.165) is 20.1 Å². The van der Waals surface area contributed by atoms with Gasteiger partial charge in [-0.25, -0.2) is 16.8 Å². The van der Waals surface area contributed by atoms with Gasteiger partial charge in [-0.2, -0.15) is 4.72 Å². The summed E-state index contributed by atoms with van der Waals surface area (Å²) in [6.07, 6.45) is 0.750. The van der Waals surface area contributed by atoms with Crippen molar-refractivity contribution in [1.29, 1.82) is 0 Å². The van der Waals surface area contributed by atoms with Gasteiger partial charge in [0.05, 0.1) is 0 Å². The van der Waals surface area contributed by atoms with Crippen LogP contribution in [0.15, 0.2) is 0 Å². The molecule has 0 radical (unpaired) electrons. The number of sulfone groups is 1. The summed E-state index contributed by atoms with van der Waals surface area (Å²) >= 11 is 0. The molecule has 0 aliphatic heterocycles. The summed E-state index contributed by atoms with van der Waals surface area (Å²) in [6, 6.07) is 0. The summed E-state index contributed by atoms with van der Waals surface area (Å²) in [6.45, 7) is 2.24. The largest absolute Gasteiger partial charge is 0.480 e. The van der Waals surface area contributed by atoms with Gasteiger partial charge in [0.2, 0.25) is 10.0 Å². The second-order valence-corrected chi connectivity index (χ2v) is 7.92. The molecule has 0 unspecified atom stereocenters. The molecule has 2 N–H and O–H groups in total. The lowest BCUT2D eigenvalue weighted by atomic mass is 10.1. The van der Waals surface area contributed by atoms with E-state index in [9.17, 15) is 21.6 Å². The first kappa shape index (κ1) is 14.3. The molecule has 15 heavy (non-hydrogen) atoms. The lowest BCUT2D eigenvalue weighted by molar-refractivity contribution is -0.142. The average Bonchev–Trinajstić information content (AvgIpc) is 1.75. The minimum absolute atomic E-state index is 0.750. The summed E-state index contributed by atoms with van der Waals surface area (Å²) in [5.74, 6) is -1.39. The van der Waals surface area contributed by atoms with Crippen LogP contribution in [-0.2, 0) is 24.7 Å². The van der Waals surface area contributed by atoms with Gasteiger partial charge in [-0.3, -0.25) is 4.79 Å². The third-order valence-corrected chi connectivity index (χ3v) is 5.09. The molecular weight excluding hydrogens is 246 g/mol. The van der Waals surface area contributed by atoms with Crippen LogP contribution in [0.1, 0.15) is 13.8 Å². The van der Waals surface area contributed by atoms with E-state index in [1.807, 2.05) is 0 Å². The van der Waals surface area contributed by atoms with E-state index in [1.165, 1.54) is 0 Å². The maximum absolute atomic E-state index is 11.2. The minimum atomic E-state index is -4.16. The van der Waals surface area contributed by atoms with Gasteiger partial charge in [-0.15, -0.1) is 0 Å². The first-order valence-electron chi connectivity index (χ1n) is 3.78. The fraction of sp³-hybridized carbons (Fsp3) is 0.833. The molecule has 0 aromatic rings. The van der Waals surface area contributed by atoms with Crippen molar-refractivity contribution in [3.63, 3.8) is 0 Å². The van der Waals surface area contributed by atoms with Crippen molar-refractivity contribution in [2.75, 3.05) is 11.3 Å². The third kappa shape index (κ3) is 5.70. The summed E-state index contributed by atoms with van der Waals surface area (Å²) in [5.41, 5.74) is -1.73. The zero-order valence-corrected chi connectivity index (χ0v) is 10.1. The first-order chi connectivity index (χ1) is 6.36. The van der Waals surface area contributed by atoms with Crippen LogP contribution in [0.5, 0.6) is 0 Å². The number of aliphatic carboxylic acids is 1. The Hall–Kier alpha value is -0.670. The number of hydrogen-bond acceptors (Lipinski definition) is 5. The van der Waals surface area contributed by atoms with Crippen molar-refractivity contribution in [3.8, 4) is 0 Å². The van der Waals surface area contributed by atoms with Crippen LogP contribution in [0.4, 0.5) is 0 Å². The average molecular weight is 259 g/mol. The van der Waals surface area contributed by atoms with Gasteiger partial charge < -0.3 is 5.11 Å². The molecule has 0 rings (SSSR count). The minimum Gasteiger partial charge on any atom is -0.480 e. The highest BCUT2D eigenvalue weighted by atomic mass is 32.3. The Morgan fingerprint density at radius 3 is 1.93 bits per heavy atom. The maximum Gasteiger partial charge on any atom is 0.324 e. The smallest absolute Gasteiger partial charge is 0.324 e. The SMILES string of the molecule is CC(C)(NS(=O)(=O)CS(C)(=O)=O)C(=O)O. The van der Waals surface area contributed by atoms with Crippen LogP contribution in [0.25, 0.3) is 0 Å². The Labute approximate surface area is 88.5 Å². The van der Waals surface area contributed by atoms with Gasteiger partial charge >= 0.3 is 5.97 Å². The molecule has 0 amide bonds. The maximum atomic E-state index is 11.2. The molecule has 7 nitrogen and oxygen atoms in total. The van der Waals surface area contributed by atoms with Crippen LogP contribution < -0.4 is 4.72 Å². The summed E-state index contributed by atoms with van der Waals surface area (Å²) in [7, 11) is -7.88. The fourth-order valence-electron chi connectivity index (χ4n) is 0.744. The number of nitrogens with one attached hydrogen (secondary N) is 1. The number of sulfonamides is 1. The quantitative estimate of drug-likeness (QED) is 0.638. The van der Waals surface area contributed by atoms with E-state index in [0.29, 0.717) is 0 Å². The van der Waals surface area contributed by atoms with Gasteiger partial charge in [0, 0.05) is 6.26 Å². The normalized spacial score (nSPS) is 13.8. The molecule has 0 spiro atoms. The van der Waals surface area contributed by atoms with Crippen molar-refractivity contribution in [1.82, 2.24) is 4.72 Å². The van der Waals surface area contributed by atoms with Crippen molar-refractivity contribution >= 4 is 25.8 Å². The molecule has 0 fully saturated rings. The van der Waals surface area contributed by atoms with Gasteiger partial charge in [-0.05, 0) is 13.8 Å². The van der Waals surface area contributed by atoms with E-state index in [2.05, 4.69) is 0 Å². The van der Waals surface area contributed by atoms with Crippen molar-refractivity contribution in [2.45, 2.75) is 19.4 Å². The molecule has 90 valence electrons. The zero-order valence-electron chi connectivity index (χ0n) is 8.51. The molecule has 0 aromatic heterocycles. The number of carboxylic acid groups (broad SMARTS) is 1. The molecule has 0 atom stereocenters. The summed E-state index contributed by atoms with van der Waals surface area (Å²) < 4.78 is 45.7. The Balaban J connectivity index is 4.90. The van der Waals surface area contributed by atoms with Crippen molar-refractivity contribution < 1.29 is 26.7 Å². The Morgan fingerprint density at radius 2 is 1.67 bits per heavy atom. The highest BCUT2D eigenvalue weighted by Crippen LogP contribution is 2.05. The van der Waals surface area contributed by atoms with E-state index in [4.69, 9.17) is 5.11 Å². The molecular formula is C6H13NO6S2. The predicted molar refractivity (Wildman–Crippen MR) is 53.5 cm³/mol. The number of hydrogen-bond donors (Lipinski definition) is 2. The molecule has 0 aromatic carbocycles. The molecule has 0 heterocycles. The summed E-state index contributed by atoms with van der Waals surface area (Å²) in [4.78, 5) is 10.6. The lowest BCUT2D eigenvalue weighted by Crippen LogP contribution is -2.50. The van der Waals surface area contributed by atoms with Crippen LogP contribution in [-0.4, -0.2) is 44.8 Å². The van der Waals surface area contributed by atoms with Crippen LogP contribution in [0.3, 0.4) is 0 Å². The molecule has 9 heteroatoms. The summed E-state index contributed by atoms with van der Waals surface area (Å²) in [5, 5.41) is 7.50. The van der Waals surface area contributed by atoms with E-state index < -0.39 is 36.5 Å². The van der Waals surface area contributed by atoms with Crippen LogP contribution in [0.2, 0.25) is 0 Å². The number of carboxylic acids is 1. The highest BCUT2D eigenvalue weighted by molar-refractivity contribution is 8.06. The molecule has 0 bridgehead atoms. The molecule has 0 saturated carbocycles. The third-order valence-electron chi connectivity index (χ3n) is 1.31. The highest BCUT2D eigenvalue weighted by Gasteiger charge is 2.33. The van der Waals surface area contributed by atoms with E-state index in [1.54, 1.807) is 4.72 Å². The van der Waals surface area contributed by atoms with Gasteiger partial charge in [0.25, 0.3) is 0 Å².